The van der Waals surface area contributed by atoms with Crippen molar-refractivity contribution in [2.45, 2.75) is 33.9 Å². The van der Waals surface area contributed by atoms with Crippen molar-refractivity contribution in [2.75, 3.05) is 11.9 Å². The highest BCUT2D eigenvalue weighted by Gasteiger charge is 2.20. The number of benzene rings is 1. The molecule has 4 heterocycles. The van der Waals surface area contributed by atoms with Crippen molar-refractivity contribution >= 4 is 23.1 Å². The van der Waals surface area contributed by atoms with E-state index in [-0.39, 0.29) is 36.1 Å². The van der Waals surface area contributed by atoms with Gasteiger partial charge in [-0.25, -0.2) is 9.50 Å². The number of nitrogens with one attached hydrogen (secondary N) is 2. The second kappa shape index (κ2) is 8.21. The van der Waals surface area contributed by atoms with Gasteiger partial charge in [-0.15, -0.1) is 10.2 Å². The Bertz CT molecular complexity index is 1400. The Balaban J connectivity index is 1.37. The van der Waals surface area contributed by atoms with Crippen LogP contribution in [0.3, 0.4) is 0 Å². The lowest BCUT2D eigenvalue weighted by atomic mass is 9.97. The quantitative estimate of drug-likeness (QED) is 0.457. The van der Waals surface area contributed by atoms with E-state index in [1.165, 1.54) is 4.80 Å². The second-order valence-corrected chi connectivity index (χ2v) is 9.18. The molecule has 0 spiro atoms. The van der Waals surface area contributed by atoms with Crippen molar-refractivity contribution in [1.29, 1.82) is 0 Å². The van der Waals surface area contributed by atoms with Gasteiger partial charge < -0.3 is 15.4 Å². The Labute approximate surface area is 194 Å². The van der Waals surface area contributed by atoms with Gasteiger partial charge in [-0.05, 0) is 34.4 Å². The maximum absolute atomic E-state index is 12.9. The normalized spacial score (nSPS) is 13.3. The molecule has 2 amide bonds. The highest BCUT2D eigenvalue weighted by molar-refractivity contribution is 5.95. The molecule has 174 valence electrons. The first-order valence-electron chi connectivity index (χ1n) is 10.7. The Morgan fingerprint density at radius 2 is 2.09 bits per heavy atom. The zero-order chi connectivity index (χ0) is 23.9. The van der Waals surface area contributed by atoms with Gasteiger partial charge in [0, 0.05) is 12.6 Å². The van der Waals surface area contributed by atoms with Gasteiger partial charge >= 0.3 is 0 Å². The van der Waals surface area contributed by atoms with E-state index in [4.69, 9.17) is 4.74 Å². The summed E-state index contributed by atoms with van der Waals surface area (Å²) in [5, 5.41) is 22.7. The van der Waals surface area contributed by atoms with E-state index >= 15 is 0 Å². The molecular formula is C22H23N9O3. The van der Waals surface area contributed by atoms with Crippen LogP contribution < -0.4 is 15.4 Å². The van der Waals surface area contributed by atoms with Crippen molar-refractivity contribution in [3.05, 3.63) is 47.8 Å². The van der Waals surface area contributed by atoms with Crippen LogP contribution in [0, 0.1) is 5.41 Å². The summed E-state index contributed by atoms with van der Waals surface area (Å²) >= 11 is 0. The Hall–Kier alpha value is -4.35. The number of nitrogens with zero attached hydrogens (tertiary/aromatic N) is 7. The van der Waals surface area contributed by atoms with Crippen LogP contribution in [0.15, 0.2) is 36.5 Å². The van der Waals surface area contributed by atoms with Gasteiger partial charge in [-0.2, -0.15) is 9.90 Å². The van der Waals surface area contributed by atoms with Gasteiger partial charge in [0.2, 0.25) is 5.82 Å². The molecule has 0 aliphatic carbocycles. The summed E-state index contributed by atoms with van der Waals surface area (Å²) in [6, 6.07) is 8.65. The molecular weight excluding hydrogens is 438 g/mol. The number of rotatable bonds is 5. The molecule has 1 aromatic carbocycles. The minimum Gasteiger partial charge on any atom is -0.482 e. The van der Waals surface area contributed by atoms with Gasteiger partial charge in [-0.3, -0.25) is 9.59 Å². The Morgan fingerprint density at radius 3 is 2.91 bits per heavy atom. The summed E-state index contributed by atoms with van der Waals surface area (Å²) < 4.78 is 6.94. The highest BCUT2D eigenvalue weighted by atomic mass is 16.5. The van der Waals surface area contributed by atoms with Crippen LogP contribution >= 0.6 is 0 Å². The van der Waals surface area contributed by atoms with Crippen LogP contribution in [0.4, 0.5) is 5.69 Å². The Kier molecular flexibility index (Phi) is 5.19. The Morgan fingerprint density at radius 1 is 1.24 bits per heavy atom. The third kappa shape index (κ3) is 4.42. The summed E-state index contributed by atoms with van der Waals surface area (Å²) in [7, 11) is 0. The molecule has 0 fully saturated rings. The van der Waals surface area contributed by atoms with Crippen LogP contribution in [0.5, 0.6) is 5.75 Å². The third-order valence-electron chi connectivity index (χ3n) is 5.02. The van der Waals surface area contributed by atoms with E-state index in [0.717, 1.165) is 5.56 Å². The fourth-order valence-corrected chi connectivity index (χ4v) is 3.54. The highest BCUT2D eigenvalue weighted by Crippen LogP contribution is 2.28. The first-order chi connectivity index (χ1) is 16.2. The van der Waals surface area contributed by atoms with Gasteiger partial charge in [0.15, 0.2) is 12.3 Å². The first-order valence-corrected chi connectivity index (χ1v) is 10.7. The molecule has 0 atom stereocenters. The molecule has 3 aromatic heterocycles. The lowest BCUT2D eigenvalue weighted by molar-refractivity contribution is -0.118. The largest absolute Gasteiger partial charge is 0.482 e. The number of tetrazole rings is 1. The average Bonchev–Trinajstić information content (AvgIpc) is 3.44. The molecule has 0 saturated heterocycles. The van der Waals surface area contributed by atoms with Gasteiger partial charge in [0.25, 0.3) is 11.8 Å². The standard InChI is InChI=1S/C22H23N9O3/c1-22(2,3)12-30-28-20(27-29-30)16-9-15(25-18-6-7-24-31(16)18)21(33)23-10-13-4-5-17-14(8-13)26-19(32)11-34-17/h4-9H,10-12H2,1-3H3,(H,23,33)(H,26,32). The number of aromatic nitrogens is 7. The summed E-state index contributed by atoms with van der Waals surface area (Å²) in [5.74, 6) is 0.358. The molecule has 34 heavy (non-hydrogen) atoms. The predicted molar refractivity (Wildman–Crippen MR) is 121 cm³/mol. The smallest absolute Gasteiger partial charge is 0.270 e. The zero-order valence-corrected chi connectivity index (χ0v) is 18.9. The van der Waals surface area contributed by atoms with Crippen molar-refractivity contribution in [3.63, 3.8) is 0 Å². The number of carbonyl (C=O) groups excluding carboxylic acids is 2. The molecule has 2 N–H and O–H groups in total. The van der Waals surface area contributed by atoms with Gasteiger partial charge in [-0.1, -0.05) is 26.8 Å². The first kappa shape index (κ1) is 21.5. The average molecular weight is 461 g/mol. The van der Waals surface area contributed by atoms with Crippen LogP contribution in [-0.2, 0) is 17.9 Å². The number of anilines is 1. The third-order valence-corrected chi connectivity index (χ3v) is 5.02. The van der Waals surface area contributed by atoms with Crippen LogP contribution in [0.25, 0.3) is 17.2 Å². The molecule has 1 aliphatic heterocycles. The van der Waals surface area contributed by atoms with Crippen molar-refractivity contribution < 1.29 is 14.3 Å². The van der Waals surface area contributed by atoms with E-state index in [1.807, 2.05) is 6.07 Å². The monoisotopic (exact) mass is 461 g/mol. The van der Waals surface area contributed by atoms with Crippen LogP contribution in [0.1, 0.15) is 36.8 Å². The number of fused-ring (bicyclic) bond motifs is 2. The van der Waals surface area contributed by atoms with Crippen molar-refractivity contribution in [2.24, 2.45) is 5.41 Å². The maximum Gasteiger partial charge on any atom is 0.270 e. The fourth-order valence-electron chi connectivity index (χ4n) is 3.54. The summed E-state index contributed by atoms with van der Waals surface area (Å²) in [4.78, 5) is 30.4. The van der Waals surface area contributed by atoms with E-state index in [9.17, 15) is 9.59 Å². The maximum atomic E-state index is 12.9. The van der Waals surface area contributed by atoms with E-state index in [1.54, 1.807) is 35.0 Å². The zero-order valence-electron chi connectivity index (χ0n) is 18.9. The summed E-state index contributed by atoms with van der Waals surface area (Å²) in [5.41, 5.74) is 2.56. The van der Waals surface area contributed by atoms with Crippen molar-refractivity contribution in [1.82, 2.24) is 40.1 Å². The summed E-state index contributed by atoms with van der Waals surface area (Å²) in [6.45, 7) is 7.07. The molecule has 0 saturated carbocycles. The molecule has 0 unspecified atom stereocenters. The van der Waals surface area contributed by atoms with Crippen LogP contribution in [0.2, 0.25) is 0 Å². The minimum absolute atomic E-state index is 0.00696. The molecule has 0 bridgehead atoms. The van der Waals surface area contributed by atoms with Gasteiger partial charge in [0.05, 0.1) is 18.4 Å². The number of carbonyl (C=O) groups is 2. The molecule has 12 nitrogen and oxygen atoms in total. The number of ether oxygens (including phenoxy) is 1. The van der Waals surface area contributed by atoms with Crippen molar-refractivity contribution in [3.8, 4) is 17.3 Å². The van der Waals surface area contributed by atoms with Crippen LogP contribution in [-0.4, -0.2) is 53.2 Å². The lowest BCUT2D eigenvalue weighted by Crippen LogP contribution is -2.26. The fraction of sp³-hybridized carbons (Fsp3) is 0.318. The number of hydrogen-bond donors (Lipinski definition) is 2. The number of hydrogen-bond acceptors (Lipinski definition) is 8. The van der Waals surface area contributed by atoms with E-state index in [0.29, 0.717) is 35.1 Å². The lowest BCUT2D eigenvalue weighted by Gasteiger charge is -2.18. The second-order valence-electron chi connectivity index (χ2n) is 9.18. The molecule has 5 rings (SSSR count). The molecule has 1 aliphatic rings. The predicted octanol–water partition coefficient (Wildman–Crippen LogP) is 1.69. The van der Waals surface area contributed by atoms with E-state index in [2.05, 4.69) is 56.9 Å². The molecule has 4 aromatic rings. The molecule has 12 heteroatoms. The minimum atomic E-state index is -0.370. The SMILES string of the molecule is CC(C)(C)Cn1nnc(-c2cc(C(=O)NCc3ccc4c(c3)NC(=O)CO4)nc3ccnn23)n1. The topological polar surface area (TPSA) is 141 Å². The van der Waals surface area contributed by atoms with Gasteiger partial charge in [0.1, 0.15) is 17.1 Å². The van der Waals surface area contributed by atoms with E-state index < -0.39 is 0 Å². The molecule has 0 radical (unpaired) electrons. The number of amides is 2. The summed E-state index contributed by atoms with van der Waals surface area (Å²) in [6.07, 6.45) is 1.59.